The second kappa shape index (κ2) is 2.81. The van der Waals surface area contributed by atoms with Gasteiger partial charge in [0.05, 0.1) is 0 Å². The van der Waals surface area contributed by atoms with E-state index in [9.17, 15) is 4.79 Å². The summed E-state index contributed by atoms with van der Waals surface area (Å²) in [4.78, 5) is 15.5. The minimum atomic E-state index is -0.937. The summed E-state index contributed by atoms with van der Waals surface area (Å²) in [5.74, 6) is -0.377. The van der Waals surface area contributed by atoms with Gasteiger partial charge in [-0.25, -0.2) is 9.78 Å². The first-order valence-corrected chi connectivity index (χ1v) is 5.19. The van der Waals surface area contributed by atoms with E-state index in [-0.39, 0.29) is 5.01 Å². The Morgan fingerprint density at radius 2 is 2.33 bits per heavy atom. The molecule has 1 aliphatic rings. The van der Waals surface area contributed by atoms with Crippen LogP contribution in [0.5, 0.6) is 0 Å². The number of hydrogen-bond acceptors (Lipinski definition) is 3. The molecule has 1 N–H and O–H groups in total. The van der Waals surface area contributed by atoms with Crippen LogP contribution in [0.3, 0.4) is 0 Å². The minimum absolute atomic E-state index is 0.184. The third kappa shape index (κ3) is 1.38. The predicted octanol–water partition coefficient (Wildman–Crippen LogP) is 2.48. The second-order valence-corrected chi connectivity index (χ2v) is 4.54. The number of carbonyl (C=O) groups is 1. The van der Waals surface area contributed by atoms with Crippen LogP contribution in [0.15, 0.2) is 4.60 Å². The number of carboxylic acids is 1. The Bertz CT molecular complexity index is 332. The highest BCUT2D eigenvalue weighted by Gasteiger charge is 2.29. The number of aromatic nitrogens is 1. The Hall–Kier alpha value is -0.420. The molecule has 1 aromatic heterocycles. The minimum Gasteiger partial charge on any atom is -0.476 e. The fourth-order valence-electron chi connectivity index (χ4n) is 1.00. The van der Waals surface area contributed by atoms with Crippen LogP contribution in [-0.4, -0.2) is 16.1 Å². The van der Waals surface area contributed by atoms with E-state index in [1.165, 1.54) is 24.2 Å². The lowest BCUT2D eigenvalue weighted by molar-refractivity contribution is 0.0696. The molecule has 0 unspecified atom stereocenters. The Kier molecular flexibility index (Phi) is 1.92. The summed E-state index contributed by atoms with van der Waals surface area (Å²) in [5, 5.41) is 8.84. The van der Waals surface area contributed by atoms with Gasteiger partial charge in [0.15, 0.2) is 0 Å². The Labute approximate surface area is 81.6 Å². The number of aromatic carboxylic acids is 1. The quantitative estimate of drug-likeness (QED) is 0.874. The lowest BCUT2D eigenvalue weighted by atomic mass is 10.4. The van der Waals surface area contributed by atoms with Crippen molar-refractivity contribution in [3.63, 3.8) is 0 Å². The number of thiazole rings is 1. The zero-order valence-corrected chi connectivity index (χ0v) is 8.48. The molecule has 0 radical (unpaired) electrons. The van der Waals surface area contributed by atoms with Gasteiger partial charge in [0, 0.05) is 4.88 Å². The fraction of sp³-hybridized carbons (Fsp3) is 0.429. The number of carboxylic acid groups (broad SMARTS) is 1. The fourth-order valence-corrected chi connectivity index (χ4v) is 2.83. The molecule has 0 spiro atoms. The van der Waals surface area contributed by atoms with E-state index >= 15 is 0 Å². The largest absolute Gasteiger partial charge is 0.476 e. The highest BCUT2D eigenvalue weighted by Crippen LogP contribution is 2.45. The Balaban J connectivity index is 2.36. The number of rotatable bonds is 2. The maximum atomic E-state index is 10.5. The summed E-state index contributed by atoms with van der Waals surface area (Å²) < 4.78 is 0.715. The molecule has 0 aromatic carbocycles. The molecule has 2 rings (SSSR count). The SMILES string of the molecule is O=C(O)c1nc(Br)c(C2CC2)s1. The van der Waals surface area contributed by atoms with E-state index in [1.807, 2.05) is 0 Å². The van der Waals surface area contributed by atoms with Gasteiger partial charge < -0.3 is 5.11 Å². The van der Waals surface area contributed by atoms with E-state index in [4.69, 9.17) is 5.11 Å². The lowest BCUT2D eigenvalue weighted by Gasteiger charge is -1.86. The van der Waals surface area contributed by atoms with Gasteiger partial charge in [0.25, 0.3) is 0 Å². The van der Waals surface area contributed by atoms with E-state index in [0.717, 1.165) is 4.88 Å². The maximum absolute atomic E-state index is 10.5. The molecule has 1 aromatic rings. The van der Waals surface area contributed by atoms with Crippen LogP contribution in [0.4, 0.5) is 0 Å². The van der Waals surface area contributed by atoms with Crippen LogP contribution in [0.25, 0.3) is 0 Å². The number of halogens is 1. The van der Waals surface area contributed by atoms with Crippen LogP contribution in [-0.2, 0) is 0 Å². The average Bonchev–Trinajstić information content (AvgIpc) is 2.75. The average molecular weight is 248 g/mol. The zero-order chi connectivity index (χ0) is 8.72. The molecule has 1 saturated carbocycles. The van der Waals surface area contributed by atoms with Crippen molar-refractivity contribution in [3.05, 3.63) is 14.5 Å². The molecule has 0 amide bonds. The van der Waals surface area contributed by atoms with Gasteiger partial charge in [0.2, 0.25) is 5.01 Å². The van der Waals surface area contributed by atoms with E-state index in [1.54, 1.807) is 0 Å². The summed E-state index contributed by atoms with van der Waals surface area (Å²) in [7, 11) is 0. The van der Waals surface area contributed by atoms with E-state index < -0.39 is 5.97 Å². The molecular weight excluding hydrogens is 242 g/mol. The summed E-state index contributed by atoms with van der Waals surface area (Å²) >= 11 is 4.54. The molecule has 0 atom stereocenters. The van der Waals surface area contributed by atoms with Crippen molar-refractivity contribution in [2.45, 2.75) is 18.8 Å². The highest BCUT2D eigenvalue weighted by molar-refractivity contribution is 9.10. The maximum Gasteiger partial charge on any atom is 0.365 e. The molecule has 5 heteroatoms. The van der Waals surface area contributed by atoms with Crippen molar-refractivity contribution in [1.82, 2.24) is 4.98 Å². The first-order valence-electron chi connectivity index (χ1n) is 3.58. The Morgan fingerprint density at radius 1 is 1.67 bits per heavy atom. The van der Waals surface area contributed by atoms with Crippen LogP contribution in [0.2, 0.25) is 0 Å². The van der Waals surface area contributed by atoms with Crippen LogP contribution in [0, 0.1) is 0 Å². The molecule has 1 heterocycles. The van der Waals surface area contributed by atoms with Crippen LogP contribution in [0.1, 0.15) is 33.4 Å². The van der Waals surface area contributed by atoms with Crippen LogP contribution < -0.4 is 0 Å². The first-order chi connectivity index (χ1) is 5.68. The van der Waals surface area contributed by atoms with E-state index in [0.29, 0.717) is 10.5 Å². The molecule has 0 saturated heterocycles. The van der Waals surface area contributed by atoms with Crippen molar-refractivity contribution < 1.29 is 9.90 Å². The van der Waals surface area contributed by atoms with Gasteiger partial charge >= 0.3 is 5.97 Å². The van der Waals surface area contributed by atoms with Gasteiger partial charge in [-0.05, 0) is 34.7 Å². The molecule has 64 valence electrons. The van der Waals surface area contributed by atoms with Crippen molar-refractivity contribution in [3.8, 4) is 0 Å². The molecule has 1 aliphatic carbocycles. The van der Waals surface area contributed by atoms with Crippen LogP contribution >= 0.6 is 27.3 Å². The van der Waals surface area contributed by atoms with Gasteiger partial charge in [-0.3, -0.25) is 0 Å². The number of hydrogen-bond donors (Lipinski definition) is 1. The second-order valence-electron chi connectivity index (χ2n) is 2.75. The van der Waals surface area contributed by atoms with Gasteiger partial charge in [-0.1, -0.05) is 0 Å². The molecule has 0 aliphatic heterocycles. The standard InChI is InChI=1S/C7H6BrNO2S/c8-5-4(3-1-2-3)12-6(9-5)7(10)11/h3H,1-2H2,(H,10,11). The monoisotopic (exact) mass is 247 g/mol. The van der Waals surface area contributed by atoms with E-state index in [2.05, 4.69) is 20.9 Å². The molecule has 12 heavy (non-hydrogen) atoms. The number of nitrogens with zero attached hydrogens (tertiary/aromatic N) is 1. The molecule has 0 bridgehead atoms. The highest BCUT2D eigenvalue weighted by atomic mass is 79.9. The van der Waals surface area contributed by atoms with Crippen molar-refractivity contribution in [2.75, 3.05) is 0 Å². The Morgan fingerprint density at radius 3 is 2.75 bits per heavy atom. The third-order valence-electron chi connectivity index (χ3n) is 1.74. The summed E-state index contributed by atoms with van der Waals surface area (Å²) in [5.41, 5.74) is 0. The summed E-state index contributed by atoms with van der Waals surface area (Å²) in [6.07, 6.45) is 2.33. The lowest BCUT2D eigenvalue weighted by Crippen LogP contribution is -1.93. The van der Waals surface area contributed by atoms with Gasteiger partial charge in [0.1, 0.15) is 4.60 Å². The third-order valence-corrected chi connectivity index (χ3v) is 3.81. The van der Waals surface area contributed by atoms with Gasteiger partial charge in [-0.15, -0.1) is 11.3 Å². The molecule has 1 fully saturated rings. The van der Waals surface area contributed by atoms with Crippen molar-refractivity contribution >= 4 is 33.2 Å². The first kappa shape index (κ1) is 8.19. The van der Waals surface area contributed by atoms with Gasteiger partial charge in [-0.2, -0.15) is 0 Å². The summed E-state index contributed by atoms with van der Waals surface area (Å²) in [6, 6.07) is 0. The summed E-state index contributed by atoms with van der Waals surface area (Å²) in [6.45, 7) is 0. The zero-order valence-electron chi connectivity index (χ0n) is 6.08. The molecular formula is C7H6BrNO2S. The van der Waals surface area contributed by atoms with Crippen molar-refractivity contribution in [2.24, 2.45) is 0 Å². The predicted molar refractivity (Wildman–Crippen MR) is 48.7 cm³/mol. The normalized spacial score (nSPS) is 16.4. The van der Waals surface area contributed by atoms with Crippen molar-refractivity contribution in [1.29, 1.82) is 0 Å². The smallest absolute Gasteiger partial charge is 0.365 e. The topological polar surface area (TPSA) is 50.2 Å². The molecule has 3 nitrogen and oxygen atoms in total.